The van der Waals surface area contributed by atoms with Crippen LogP contribution in [0.3, 0.4) is 0 Å². The average molecular weight is 335 g/mol. The number of nitrogens with one attached hydrogen (secondary N) is 1. The molecule has 4 rings (SSSR count). The normalized spacial score (nSPS) is 28.7. The third-order valence-electron chi connectivity index (χ3n) is 5.27. The summed E-state index contributed by atoms with van der Waals surface area (Å²) in [6, 6.07) is 2.60. The first kappa shape index (κ1) is 15.7. The summed E-state index contributed by atoms with van der Waals surface area (Å²) in [7, 11) is 0. The van der Waals surface area contributed by atoms with E-state index in [4.69, 9.17) is 9.84 Å². The van der Waals surface area contributed by atoms with Gasteiger partial charge in [0, 0.05) is 12.1 Å². The maximum atomic E-state index is 12.5. The zero-order valence-electron chi connectivity index (χ0n) is 13.5. The number of rotatable bonds is 3. The highest BCUT2D eigenvalue weighted by Gasteiger charge is 2.33. The number of thioether (sulfide) groups is 1. The van der Waals surface area contributed by atoms with E-state index in [0.717, 1.165) is 24.1 Å². The summed E-state index contributed by atoms with van der Waals surface area (Å²) in [6.45, 7) is 1.27. The molecule has 1 aromatic heterocycles. The van der Waals surface area contributed by atoms with Gasteiger partial charge in [0.2, 0.25) is 0 Å². The molecule has 0 saturated carbocycles. The molecule has 3 aliphatic rings. The molecular formula is C17H25N3O2S. The summed E-state index contributed by atoms with van der Waals surface area (Å²) in [5, 5.41) is 8.45. The zero-order valence-corrected chi connectivity index (χ0v) is 14.3. The van der Waals surface area contributed by atoms with Gasteiger partial charge in [-0.15, -0.1) is 0 Å². The summed E-state index contributed by atoms with van der Waals surface area (Å²) in [5.74, 6) is 2.46. The molecule has 0 radical (unpaired) electrons. The van der Waals surface area contributed by atoms with E-state index >= 15 is 0 Å². The number of fused-ring (bicyclic) bond motifs is 1. The van der Waals surface area contributed by atoms with Crippen molar-refractivity contribution in [3.8, 4) is 0 Å². The molecule has 2 aliphatic heterocycles. The van der Waals surface area contributed by atoms with Crippen LogP contribution in [0.5, 0.6) is 0 Å². The van der Waals surface area contributed by atoms with Crippen LogP contribution in [0.1, 0.15) is 43.0 Å². The summed E-state index contributed by atoms with van der Waals surface area (Å²) >= 11 is 2.03. The Morgan fingerprint density at radius 3 is 2.91 bits per heavy atom. The van der Waals surface area contributed by atoms with Gasteiger partial charge in [-0.3, -0.25) is 4.79 Å². The van der Waals surface area contributed by atoms with Gasteiger partial charge in [0.1, 0.15) is 0 Å². The Morgan fingerprint density at radius 1 is 1.22 bits per heavy atom. The highest BCUT2D eigenvalue weighted by atomic mass is 32.2. The van der Waals surface area contributed by atoms with Gasteiger partial charge in [-0.25, -0.2) is 4.68 Å². The molecule has 6 heteroatoms. The van der Waals surface area contributed by atoms with Crippen LogP contribution >= 0.6 is 11.8 Å². The maximum absolute atomic E-state index is 12.5. The van der Waals surface area contributed by atoms with E-state index in [1.54, 1.807) is 4.68 Å². The number of hydrogen-bond donors (Lipinski definition) is 1. The molecule has 1 aromatic rings. The third-order valence-corrected chi connectivity index (χ3v) is 6.32. The van der Waals surface area contributed by atoms with Crippen LogP contribution in [0.25, 0.3) is 0 Å². The first-order chi connectivity index (χ1) is 11.3. The molecule has 126 valence electrons. The van der Waals surface area contributed by atoms with Crippen molar-refractivity contribution >= 4 is 11.8 Å². The van der Waals surface area contributed by atoms with Gasteiger partial charge in [0.05, 0.1) is 31.0 Å². The van der Waals surface area contributed by atoms with E-state index in [2.05, 4.69) is 5.32 Å². The average Bonchev–Trinajstić information content (AvgIpc) is 3.03. The standard InChI is InChI=1S/C17H25N3O2S/c21-17-9-12-3-1-2-4-14(12)19-20(17)16-11-22-10-15(16)18-13-5-7-23-8-6-13/h9,13,15-16,18H,1-8,10-11H2. The van der Waals surface area contributed by atoms with Gasteiger partial charge in [0.25, 0.3) is 5.56 Å². The molecule has 0 amide bonds. The number of hydrogen-bond acceptors (Lipinski definition) is 5. The van der Waals surface area contributed by atoms with E-state index in [-0.39, 0.29) is 17.6 Å². The topological polar surface area (TPSA) is 56.2 Å². The van der Waals surface area contributed by atoms with E-state index < -0.39 is 0 Å². The first-order valence-electron chi connectivity index (χ1n) is 8.84. The predicted molar refractivity (Wildman–Crippen MR) is 92.3 cm³/mol. The van der Waals surface area contributed by atoms with E-state index in [9.17, 15) is 4.79 Å². The molecule has 0 spiro atoms. The third kappa shape index (κ3) is 3.35. The molecule has 2 fully saturated rings. The molecule has 2 atom stereocenters. The molecule has 3 heterocycles. The lowest BCUT2D eigenvalue weighted by Crippen LogP contribution is -2.47. The quantitative estimate of drug-likeness (QED) is 0.908. The van der Waals surface area contributed by atoms with Crippen LogP contribution in [-0.4, -0.2) is 46.6 Å². The Balaban J connectivity index is 1.55. The van der Waals surface area contributed by atoms with Crippen LogP contribution in [0.15, 0.2) is 10.9 Å². The number of aryl methyl sites for hydroxylation is 2. The van der Waals surface area contributed by atoms with Gasteiger partial charge in [-0.2, -0.15) is 16.9 Å². The Bertz CT molecular complexity index is 612. The van der Waals surface area contributed by atoms with Crippen molar-refractivity contribution in [1.82, 2.24) is 15.1 Å². The monoisotopic (exact) mass is 335 g/mol. The van der Waals surface area contributed by atoms with Gasteiger partial charge >= 0.3 is 0 Å². The number of nitrogens with zero attached hydrogens (tertiary/aromatic N) is 2. The van der Waals surface area contributed by atoms with Crippen molar-refractivity contribution in [3.63, 3.8) is 0 Å². The van der Waals surface area contributed by atoms with Crippen molar-refractivity contribution < 1.29 is 4.74 Å². The Hall–Kier alpha value is -0.850. The second-order valence-corrected chi connectivity index (χ2v) is 8.10. The zero-order chi connectivity index (χ0) is 15.6. The fourth-order valence-corrected chi connectivity index (χ4v) is 5.03. The second-order valence-electron chi connectivity index (χ2n) is 6.87. The summed E-state index contributed by atoms with van der Waals surface area (Å²) in [4.78, 5) is 12.5. The van der Waals surface area contributed by atoms with Gasteiger partial charge in [-0.05, 0) is 55.6 Å². The SMILES string of the molecule is O=c1cc2c(nn1C1COCC1NC1CCSCC1)CCCC2. The van der Waals surface area contributed by atoms with E-state index in [1.807, 2.05) is 17.8 Å². The minimum absolute atomic E-state index is 0.0318. The molecular weight excluding hydrogens is 310 g/mol. The maximum Gasteiger partial charge on any atom is 0.267 e. The van der Waals surface area contributed by atoms with Crippen molar-refractivity contribution in [2.45, 2.75) is 56.7 Å². The Morgan fingerprint density at radius 2 is 2.04 bits per heavy atom. The lowest BCUT2D eigenvalue weighted by molar-refractivity contribution is 0.179. The van der Waals surface area contributed by atoms with Crippen LogP contribution < -0.4 is 10.9 Å². The van der Waals surface area contributed by atoms with Gasteiger partial charge in [-0.1, -0.05) is 0 Å². The lowest BCUT2D eigenvalue weighted by Gasteiger charge is -2.29. The molecule has 0 bridgehead atoms. The minimum atomic E-state index is 0.0318. The first-order valence-corrected chi connectivity index (χ1v) is 10.00. The fraction of sp³-hybridized carbons (Fsp3) is 0.765. The molecule has 0 aromatic carbocycles. The summed E-state index contributed by atoms with van der Waals surface area (Å²) in [6.07, 6.45) is 6.78. The predicted octanol–water partition coefficient (Wildman–Crippen LogP) is 1.55. The highest BCUT2D eigenvalue weighted by molar-refractivity contribution is 7.99. The van der Waals surface area contributed by atoms with Crippen LogP contribution in [0.2, 0.25) is 0 Å². The van der Waals surface area contributed by atoms with Gasteiger partial charge in [0.15, 0.2) is 0 Å². The van der Waals surface area contributed by atoms with Crippen LogP contribution in [0.4, 0.5) is 0 Å². The summed E-state index contributed by atoms with van der Waals surface area (Å²) < 4.78 is 7.40. The molecule has 1 N–H and O–H groups in total. The second kappa shape index (κ2) is 6.95. The van der Waals surface area contributed by atoms with E-state index in [0.29, 0.717) is 19.3 Å². The summed E-state index contributed by atoms with van der Waals surface area (Å²) in [5.41, 5.74) is 2.31. The Kier molecular flexibility index (Phi) is 4.73. The van der Waals surface area contributed by atoms with Crippen LogP contribution in [0, 0.1) is 0 Å². The minimum Gasteiger partial charge on any atom is -0.377 e. The number of aromatic nitrogens is 2. The molecule has 23 heavy (non-hydrogen) atoms. The molecule has 5 nitrogen and oxygen atoms in total. The van der Waals surface area contributed by atoms with Crippen LogP contribution in [-0.2, 0) is 17.6 Å². The van der Waals surface area contributed by atoms with Crippen molar-refractivity contribution in [2.75, 3.05) is 24.7 Å². The number of ether oxygens (including phenoxy) is 1. The molecule has 2 unspecified atom stereocenters. The van der Waals surface area contributed by atoms with Crippen molar-refractivity contribution in [1.29, 1.82) is 0 Å². The van der Waals surface area contributed by atoms with Gasteiger partial charge < -0.3 is 10.1 Å². The smallest absolute Gasteiger partial charge is 0.267 e. The van der Waals surface area contributed by atoms with E-state index in [1.165, 1.54) is 37.2 Å². The highest BCUT2D eigenvalue weighted by Crippen LogP contribution is 2.24. The molecule has 1 aliphatic carbocycles. The Labute approximate surface area is 141 Å². The van der Waals surface area contributed by atoms with Crippen molar-refractivity contribution in [3.05, 3.63) is 27.7 Å². The van der Waals surface area contributed by atoms with Crippen molar-refractivity contribution in [2.24, 2.45) is 0 Å². The fourth-order valence-electron chi connectivity index (χ4n) is 3.92. The lowest BCUT2D eigenvalue weighted by atomic mass is 9.97. The largest absolute Gasteiger partial charge is 0.377 e. The molecule has 2 saturated heterocycles.